The number of anilines is 1. The second-order valence-electron chi connectivity index (χ2n) is 7.66. The largest absolute Gasteiger partial charge is 0.375 e. The maximum atomic E-state index is 4.92. The smallest absolute Gasteiger partial charge is 0.131 e. The first kappa shape index (κ1) is 28.4. The number of nitrogens with zero attached hydrogens (tertiary/aromatic N) is 3. The number of pyridine rings is 1. The number of terminal acetylenes is 1. The van der Waals surface area contributed by atoms with Crippen molar-refractivity contribution in [3.8, 4) is 12.8 Å². The number of aliphatic imine (C=N–C) groups is 1. The predicted molar refractivity (Wildman–Crippen MR) is 139 cm³/mol. The molecule has 1 aromatic heterocycles. The molecule has 0 spiro atoms. The van der Waals surface area contributed by atoms with Gasteiger partial charge in [0.2, 0.25) is 0 Å². The number of rotatable bonds is 8. The van der Waals surface area contributed by atoms with Gasteiger partial charge in [0.1, 0.15) is 5.82 Å². The van der Waals surface area contributed by atoms with Crippen LogP contribution in [0.5, 0.6) is 0 Å². The third kappa shape index (κ3) is 8.22. The van der Waals surface area contributed by atoms with Gasteiger partial charge in [0.05, 0.1) is 11.4 Å². The van der Waals surface area contributed by atoms with Crippen molar-refractivity contribution < 1.29 is 0 Å². The highest BCUT2D eigenvalue weighted by Crippen LogP contribution is 2.31. The molecule has 172 valence electrons. The molecule has 1 unspecified atom stereocenters. The van der Waals surface area contributed by atoms with E-state index in [9.17, 15) is 0 Å². The van der Waals surface area contributed by atoms with Crippen LogP contribution in [0.4, 0.5) is 11.5 Å². The van der Waals surface area contributed by atoms with Crippen LogP contribution in [0.3, 0.4) is 0 Å². The summed E-state index contributed by atoms with van der Waals surface area (Å²) in [6.45, 7) is 23.4. The molecule has 0 aromatic carbocycles. The lowest BCUT2D eigenvalue weighted by Crippen LogP contribution is -2.33. The number of allylic oxidation sites excluding steroid dienone is 3. The molecule has 1 aliphatic heterocycles. The van der Waals surface area contributed by atoms with Gasteiger partial charge in [-0.25, -0.2) is 4.98 Å². The predicted octanol–water partition coefficient (Wildman–Crippen LogP) is 5.67. The first-order valence-corrected chi connectivity index (χ1v) is 11.2. The molecule has 2 rings (SSSR count). The van der Waals surface area contributed by atoms with Gasteiger partial charge in [-0.15, -0.1) is 12.8 Å². The zero-order valence-electron chi connectivity index (χ0n) is 20.8. The Hall–Kier alpha value is -2.58. The quantitative estimate of drug-likeness (QED) is 0.320. The van der Waals surface area contributed by atoms with E-state index in [0.717, 1.165) is 53.7 Å². The summed E-state index contributed by atoms with van der Waals surface area (Å²) in [4.78, 5) is 11.4. The number of piperidine rings is 1. The standard InChI is InChI=1S/C22H35N5.C2H6.C2H2/c1-8-19(17(5)27(7)15(2)3)21-12-20(23-6)16(4)22(26-21)25-14-18-10-9-11-24-13-18;2*1-2/h8,12,15,18,24H,1,6,9-11,13-14H2,2-5,7H3,(H,25,26);1-2H3;1-2H/b19-17+;;. The highest BCUT2D eigenvalue weighted by atomic mass is 15.1. The summed E-state index contributed by atoms with van der Waals surface area (Å²) in [5.41, 5.74) is 4.96. The second-order valence-corrected chi connectivity index (χ2v) is 7.66. The topological polar surface area (TPSA) is 52.5 Å². The lowest BCUT2D eigenvalue weighted by atomic mass is 9.99. The van der Waals surface area contributed by atoms with Crippen LogP contribution in [0.25, 0.3) is 5.57 Å². The molecule has 1 atom stereocenters. The summed E-state index contributed by atoms with van der Waals surface area (Å²) in [5.74, 6) is 1.52. The molecular weight excluding hydrogens is 382 g/mol. The van der Waals surface area contributed by atoms with Gasteiger partial charge in [-0.2, -0.15) is 0 Å². The van der Waals surface area contributed by atoms with Crippen molar-refractivity contribution in [1.82, 2.24) is 15.2 Å². The summed E-state index contributed by atoms with van der Waals surface area (Å²) in [6, 6.07) is 2.41. The van der Waals surface area contributed by atoms with Crippen molar-refractivity contribution in [1.29, 1.82) is 0 Å². The Balaban J connectivity index is 0.00000212. The third-order valence-corrected chi connectivity index (χ3v) is 5.55. The number of hydrogen-bond donors (Lipinski definition) is 2. The van der Waals surface area contributed by atoms with Crippen molar-refractivity contribution in [2.24, 2.45) is 10.9 Å². The highest BCUT2D eigenvalue weighted by molar-refractivity contribution is 5.77. The fourth-order valence-electron chi connectivity index (χ4n) is 3.42. The molecule has 31 heavy (non-hydrogen) atoms. The van der Waals surface area contributed by atoms with Crippen molar-refractivity contribution in [3.05, 3.63) is 35.7 Å². The lowest BCUT2D eigenvalue weighted by molar-refractivity contribution is 0.347. The number of hydrogen-bond acceptors (Lipinski definition) is 5. The van der Waals surface area contributed by atoms with E-state index in [2.05, 4.69) is 74.5 Å². The van der Waals surface area contributed by atoms with Crippen LogP contribution in [0.1, 0.15) is 58.7 Å². The van der Waals surface area contributed by atoms with Crippen LogP contribution < -0.4 is 10.6 Å². The minimum Gasteiger partial charge on any atom is -0.375 e. The summed E-state index contributed by atoms with van der Waals surface area (Å²) < 4.78 is 0. The van der Waals surface area contributed by atoms with E-state index >= 15 is 0 Å². The zero-order chi connectivity index (χ0) is 24.0. The van der Waals surface area contributed by atoms with Gasteiger partial charge in [-0.1, -0.05) is 26.5 Å². The Labute approximate surface area is 191 Å². The van der Waals surface area contributed by atoms with E-state index in [1.165, 1.54) is 12.8 Å². The minimum absolute atomic E-state index is 0.402. The van der Waals surface area contributed by atoms with Gasteiger partial charge in [-0.05, 0) is 72.3 Å². The van der Waals surface area contributed by atoms with Gasteiger partial charge in [0.15, 0.2) is 0 Å². The Morgan fingerprint density at radius 1 is 1.42 bits per heavy atom. The average Bonchev–Trinajstić information content (AvgIpc) is 2.82. The maximum Gasteiger partial charge on any atom is 0.131 e. The third-order valence-electron chi connectivity index (χ3n) is 5.55. The number of aromatic nitrogens is 1. The summed E-state index contributed by atoms with van der Waals surface area (Å²) in [6.07, 6.45) is 12.4. The van der Waals surface area contributed by atoms with Gasteiger partial charge in [0.25, 0.3) is 0 Å². The fourth-order valence-corrected chi connectivity index (χ4v) is 3.42. The molecule has 1 saturated heterocycles. The molecule has 0 aliphatic carbocycles. The van der Waals surface area contributed by atoms with E-state index in [0.29, 0.717) is 12.0 Å². The normalized spacial score (nSPS) is 16.0. The molecule has 0 radical (unpaired) electrons. The van der Waals surface area contributed by atoms with Crippen molar-refractivity contribution in [2.45, 2.75) is 60.4 Å². The van der Waals surface area contributed by atoms with E-state index < -0.39 is 0 Å². The van der Waals surface area contributed by atoms with E-state index in [1.807, 2.05) is 32.9 Å². The number of nitrogens with one attached hydrogen (secondary N) is 2. The molecule has 0 saturated carbocycles. The monoisotopic (exact) mass is 425 g/mol. The molecule has 1 fully saturated rings. The van der Waals surface area contributed by atoms with E-state index in [-0.39, 0.29) is 0 Å². The van der Waals surface area contributed by atoms with Crippen molar-refractivity contribution in [2.75, 3.05) is 32.0 Å². The first-order chi connectivity index (χ1) is 14.9. The van der Waals surface area contributed by atoms with Crippen LogP contribution in [-0.2, 0) is 0 Å². The minimum atomic E-state index is 0.402. The van der Waals surface area contributed by atoms with Gasteiger partial charge < -0.3 is 15.5 Å². The van der Waals surface area contributed by atoms with Gasteiger partial charge >= 0.3 is 0 Å². The molecule has 0 bridgehead atoms. The fraction of sp³-hybridized carbons (Fsp3) is 0.538. The Kier molecular flexibility index (Phi) is 14.0. The van der Waals surface area contributed by atoms with Gasteiger partial charge in [-0.3, -0.25) is 4.99 Å². The molecule has 0 amide bonds. The first-order valence-electron chi connectivity index (χ1n) is 11.2. The molecule has 2 heterocycles. The summed E-state index contributed by atoms with van der Waals surface area (Å²) in [7, 11) is 2.10. The molecule has 5 heteroatoms. The Bertz CT molecular complexity index is 740. The highest BCUT2D eigenvalue weighted by Gasteiger charge is 2.17. The van der Waals surface area contributed by atoms with Crippen LogP contribution in [0.2, 0.25) is 0 Å². The molecule has 1 aliphatic rings. The second kappa shape index (κ2) is 15.3. The zero-order valence-corrected chi connectivity index (χ0v) is 20.8. The van der Waals surface area contributed by atoms with E-state index in [1.54, 1.807) is 0 Å². The molecular formula is C26H43N5. The van der Waals surface area contributed by atoms with E-state index in [4.69, 9.17) is 4.98 Å². The molecule has 5 nitrogen and oxygen atoms in total. The summed E-state index contributed by atoms with van der Waals surface area (Å²) >= 11 is 0. The maximum absolute atomic E-state index is 4.92. The average molecular weight is 426 g/mol. The van der Waals surface area contributed by atoms with Crippen LogP contribution >= 0.6 is 0 Å². The Morgan fingerprint density at radius 2 is 2.06 bits per heavy atom. The van der Waals surface area contributed by atoms with Crippen LogP contribution in [-0.4, -0.2) is 49.3 Å². The van der Waals surface area contributed by atoms with Crippen molar-refractivity contribution in [3.63, 3.8) is 0 Å². The molecule has 1 aromatic rings. The Morgan fingerprint density at radius 3 is 2.55 bits per heavy atom. The van der Waals surface area contributed by atoms with Crippen molar-refractivity contribution >= 4 is 23.8 Å². The summed E-state index contributed by atoms with van der Waals surface area (Å²) in [5, 5.41) is 7.03. The SMILES string of the molecule is C#C.C=C/C(=C(/C)N(C)C(C)C)c1cc(N=C)c(C)c(NCC2CCCNC2)n1.CC. The molecule has 2 N–H and O–H groups in total. The van der Waals surface area contributed by atoms with Crippen LogP contribution in [0, 0.1) is 25.7 Å². The lowest BCUT2D eigenvalue weighted by Gasteiger charge is -2.27. The van der Waals surface area contributed by atoms with Gasteiger partial charge in [0, 0.05) is 36.5 Å². The van der Waals surface area contributed by atoms with Crippen LogP contribution in [0.15, 0.2) is 29.4 Å².